The number of benzene rings is 1. The van der Waals surface area contributed by atoms with Crippen molar-refractivity contribution in [2.24, 2.45) is 0 Å². The van der Waals surface area contributed by atoms with Gasteiger partial charge in [-0.3, -0.25) is 5.10 Å². The molecule has 0 saturated carbocycles. The van der Waals surface area contributed by atoms with E-state index in [4.69, 9.17) is 11.0 Å². The number of nitrogens with zero attached hydrogens (tertiary/aromatic N) is 2. The van der Waals surface area contributed by atoms with E-state index < -0.39 is 0 Å². The molecule has 0 aliphatic heterocycles. The van der Waals surface area contributed by atoms with Crippen LogP contribution in [-0.2, 0) is 0 Å². The number of nitrogens with two attached hydrogens (primary N) is 1. The maximum Gasteiger partial charge on any atom is 0.145 e. The average molecular weight is 212 g/mol. The predicted octanol–water partition coefficient (Wildman–Crippen LogP) is 2.15. The van der Waals surface area contributed by atoms with Gasteiger partial charge >= 0.3 is 0 Å². The van der Waals surface area contributed by atoms with E-state index in [0.717, 1.165) is 22.4 Å². The third kappa shape index (κ3) is 1.63. The standard InChI is InChI=1S/C12H12N4/c1-7-3-9(4-10(6-13)8(7)2)11-5-12(14)16-15-11/h3-5H,1-2H3,(H3,14,15,16). The van der Waals surface area contributed by atoms with Crippen LogP contribution in [0, 0.1) is 25.2 Å². The Morgan fingerprint density at radius 1 is 1.31 bits per heavy atom. The minimum atomic E-state index is 0.451. The van der Waals surface area contributed by atoms with Crippen molar-refractivity contribution in [3.63, 3.8) is 0 Å². The number of nitrogens with one attached hydrogen (secondary N) is 1. The zero-order valence-corrected chi connectivity index (χ0v) is 9.20. The summed E-state index contributed by atoms with van der Waals surface area (Å²) in [6.45, 7) is 3.93. The molecule has 16 heavy (non-hydrogen) atoms. The first kappa shape index (κ1) is 10.2. The molecule has 2 aromatic rings. The summed E-state index contributed by atoms with van der Waals surface area (Å²) in [6.07, 6.45) is 0. The molecule has 80 valence electrons. The van der Waals surface area contributed by atoms with Gasteiger partial charge in [-0.05, 0) is 37.1 Å². The van der Waals surface area contributed by atoms with Gasteiger partial charge in [0.05, 0.1) is 17.3 Å². The molecule has 3 N–H and O–H groups in total. The van der Waals surface area contributed by atoms with Gasteiger partial charge in [-0.25, -0.2) is 0 Å². The lowest BCUT2D eigenvalue weighted by atomic mass is 9.99. The van der Waals surface area contributed by atoms with Gasteiger partial charge in [0.15, 0.2) is 0 Å². The Balaban J connectivity index is 2.60. The fourth-order valence-electron chi connectivity index (χ4n) is 1.62. The van der Waals surface area contributed by atoms with Crippen LogP contribution in [-0.4, -0.2) is 10.2 Å². The maximum atomic E-state index is 9.02. The predicted molar refractivity (Wildman–Crippen MR) is 62.6 cm³/mol. The summed E-state index contributed by atoms with van der Waals surface area (Å²) >= 11 is 0. The zero-order chi connectivity index (χ0) is 11.7. The highest BCUT2D eigenvalue weighted by atomic mass is 15.2. The summed E-state index contributed by atoms with van der Waals surface area (Å²) in [7, 11) is 0. The molecule has 0 saturated heterocycles. The third-order valence-corrected chi connectivity index (χ3v) is 2.70. The summed E-state index contributed by atoms with van der Waals surface area (Å²) in [5.41, 5.74) is 10.1. The number of H-pyrrole nitrogens is 1. The number of hydrogen-bond donors (Lipinski definition) is 2. The van der Waals surface area contributed by atoms with Crippen molar-refractivity contribution in [1.82, 2.24) is 10.2 Å². The monoisotopic (exact) mass is 212 g/mol. The fraction of sp³-hybridized carbons (Fsp3) is 0.167. The molecule has 0 bridgehead atoms. The molecule has 1 aromatic carbocycles. The highest BCUT2D eigenvalue weighted by Gasteiger charge is 2.07. The quantitative estimate of drug-likeness (QED) is 0.760. The molecule has 1 heterocycles. The van der Waals surface area contributed by atoms with E-state index in [0.29, 0.717) is 11.4 Å². The highest BCUT2D eigenvalue weighted by Crippen LogP contribution is 2.24. The first-order valence-corrected chi connectivity index (χ1v) is 4.94. The molecule has 0 fully saturated rings. The topological polar surface area (TPSA) is 78.5 Å². The Bertz CT molecular complexity index is 575. The van der Waals surface area contributed by atoms with Crippen LogP contribution < -0.4 is 5.73 Å². The number of aromatic amines is 1. The molecule has 0 spiro atoms. The smallest absolute Gasteiger partial charge is 0.145 e. The number of rotatable bonds is 1. The number of anilines is 1. The molecular weight excluding hydrogens is 200 g/mol. The van der Waals surface area contributed by atoms with E-state index in [1.807, 2.05) is 26.0 Å². The van der Waals surface area contributed by atoms with E-state index in [2.05, 4.69) is 16.3 Å². The molecule has 0 amide bonds. The van der Waals surface area contributed by atoms with Gasteiger partial charge in [-0.15, -0.1) is 0 Å². The molecule has 4 nitrogen and oxygen atoms in total. The van der Waals surface area contributed by atoms with Gasteiger partial charge in [-0.1, -0.05) is 0 Å². The average Bonchev–Trinajstić information content (AvgIpc) is 2.69. The van der Waals surface area contributed by atoms with E-state index in [-0.39, 0.29) is 0 Å². The van der Waals surface area contributed by atoms with Crippen LogP contribution in [0.3, 0.4) is 0 Å². The van der Waals surface area contributed by atoms with Crippen molar-refractivity contribution < 1.29 is 0 Å². The zero-order valence-electron chi connectivity index (χ0n) is 9.20. The summed E-state index contributed by atoms with van der Waals surface area (Å²) in [5.74, 6) is 0.451. The van der Waals surface area contributed by atoms with Gasteiger partial charge in [0.2, 0.25) is 0 Å². The van der Waals surface area contributed by atoms with Gasteiger partial charge in [0.1, 0.15) is 5.82 Å². The summed E-state index contributed by atoms with van der Waals surface area (Å²) < 4.78 is 0. The fourth-order valence-corrected chi connectivity index (χ4v) is 1.62. The highest BCUT2D eigenvalue weighted by molar-refractivity contribution is 5.66. The van der Waals surface area contributed by atoms with E-state index in [9.17, 15) is 0 Å². The van der Waals surface area contributed by atoms with Crippen LogP contribution >= 0.6 is 0 Å². The molecule has 0 unspecified atom stereocenters. The number of nitrogen functional groups attached to an aromatic ring is 1. The Morgan fingerprint density at radius 3 is 2.62 bits per heavy atom. The lowest BCUT2D eigenvalue weighted by Crippen LogP contribution is -1.89. The Kier molecular flexibility index (Phi) is 2.37. The third-order valence-electron chi connectivity index (χ3n) is 2.70. The number of nitriles is 1. The SMILES string of the molecule is Cc1cc(-c2cc(N)n[nH]2)cc(C#N)c1C. The molecule has 1 aromatic heterocycles. The first-order valence-electron chi connectivity index (χ1n) is 4.94. The lowest BCUT2D eigenvalue weighted by molar-refractivity contribution is 1.10. The van der Waals surface area contributed by atoms with Crippen molar-refractivity contribution in [2.75, 3.05) is 5.73 Å². The largest absolute Gasteiger partial charge is 0.382 e. The molecule has 4 heteroatoms. The molecule has 2 rings (SSSR count). The van der Waals surface area contributed by atoms with Crippen LogP contribution in [0.25, 0.3) is 11.3 Å². The molecular formula is C12H12N4. The minimum absolute atomic E-state index is 0.451. The Labute approximate surface area is 93.7 Å². The second-order valence-electron chi connectivity index (χ2n) is 3.78. The summed E-state index contributed by atoms with van der Waals surface area (Å²) in [5, 5.41) is 15.7. The van der Waals surface area contributed by atoms with Crippen LogP contribution in [0.4, 0.5) is 5.82 Å². The summed E-state index contributed by atoms with van der Waals surface area (Å²) in [6, 6.07) is 7.80. The van der Waals surface area contributed by atoms with Crippen molar-refractivity contribution in [1.29, 1.82) is 5.26 Å². The van der Waals surface area contributed by atoms with Crippen molar-refractivity contribution in [3.8, 4) is 17.3 Å². The Morgan fingerprint density at radius 2 is 2.06 bits per heavy atom. The Hall–Kier alpha value is -2.28. The van der Waals surface area contributed by atoms with Gasteiger partial charge in [0.25, 0.3) is 0 Å². The van der Waals surface area contributed by atoms with E-state index >= 15 is 0 Å². The molecule has 0 atom stereocenters. The van der Waals surface area contributed by atoms with Gasteiger partial charge in [0, 0.05) is 11.6 Å². The maximum absolute atomic E-state index is 9.02. The molecule has 0 aliphatic carbocycles. The number of hydrogen-bond acceptors (Lipinski definition) is 3. The van der Waals surface area contributed by atoms with Crippen molar-refractivity contribution in [3.05, 3.63) is 34.9 Å². The van der Waals surface area contributed by atoms with Crippen LogP contribution in [0.2, 0.25) is 0 Å². The lowest BCUT2D eigenvalue weighted by Gasteiger charge is -2.05. The normalized spacial score (nSPS) is 10.1. The van der Waals surface area contributed by atoms with Crippen LogP contribution in [0.15, 0.2) is 18.2 Å². The van der Waals surface area contributed by atoms with Gasteiger partial charge < -0.3 is 5.73 Å². The van der Waals surface area contributed by atoms with Crippen LogP contribution in [0.5, 0.6) is 0 Å². The van der Waals surface area contributed by atoms with Crippen molar-refractivity contribution in [2.45, 2.75) is 13.8 Å². The van der Waals surface area contributed by atoms with Gasteiger partial charge in [-0.2, -0.15) is 10.4 Å². The summed E-state index contributed by atoms with van der Waals surface area (Å²) in [4.78, 5) is 0. The second kappa shape index (κ2) is 3.70. The number of aryl methyl sites for hydroxylation is 1. The minimum Gasteiger partial charge on any atom is -0.382 e. The van der Waals surface area contributed by atoms with E-state index in [1.165, 1.54) is 0 Å². The van der Waals surface area contributed by atoms with E-state index in [1.54, 1.807) is 6.07 Å². The first-order chi connectivity index (χ1) is 7.61. The molecule has 0 radical (unpaired) electrons. The molecule has 0 aliphatic rings. The van der Waals surface area contributed by atoms with Crippen molar-refractivity contribution >= 4 is 5.82 Å². The van der Waals surface area contributed by atoms with Crippen LogP contribution in [0.1, 0.15) is 16.7 Å². The number of aromatic nitrogens is 2. The second-order valence-corrected chi connectivity index (χ2v) is 3.78.